The highest BCUT2D eigenvalue weighted by Gasteiger charge is 2.19. The Morgan fingerprint density at radius 3 is 2.53 bits per heavy atom. The third kappa shape index (κ3) is 4.19. The van der Waals surface area contributed by atoms with Gasteiger partial charge in [-0.25, -0.2) is 4.79 Å². The molecule has 1 aliphatic carbocycles. The smallest absolute Gasteiger partial charge is 0.317 e. The first-order chi connectivity index (χ1) is 8.36. The molecule has 0 spiro atoms. The Kier molecular flexibility index (Phi) is 5.10. The minimum absolute atomic E-state index is 0.101. The standard InChI is InChI=1S/C13H25N3O/c17-13-15-9-11-16(13)10-8-14-12-6-4-2-1-3-5-7-12/h12,14H,1-11H2,(H,15,17). The number of carbonyl (C=O) groups excluding carboxylic acids is 1. The zero-order chi connectivity index (χ0) is 11.9. The van der Waals surface area contributed by atoms with Gasteiger partial charge in [0.1, 0.15) is 0 Å². The summed E-state index contributed by atoms with van der Waals surface area (Å²) in [5.74, 6) is 0. The topological polar surface area (TPSA) is 44.4 Å². The number of nitrogens with one attached hydrogen (secondary N) is 2. The molecule has 1 aliphatic heterocycles. The highest BCUT2D eigenvalue weighted by molar-refractivity contribution is 5.76. The first-order valence-corrected chi connectivity index (χ1v) is 7.12. The van der Waals surface area contributed by atoms with Crippen molar-refractivity contribution in [3.63, 3.8) is 0 Å². The summed E-state index contributed by atoms with van der Waals surface area (Å²) >= 11 is 0. The molecular formula is C13H25N3O. The highest BCUT2D eigenvalue weighted by Crippen LogP contribution is 2.16. The van der Waals surface area contributed by atoms with Crippen molar-refractivity contribution < 1.29 is 4.79 Å². The SMILES string of the molecule is O=C1NCCN1CCNC1CCCCCCC1. The molecule has 98 valence electrons. The Hall–Kier alpha value is -0.770. The van der Waals surface area contributed by atoms with Gasteiger partial charge in [-0.3, -0.25) is 0 Å². The number of urea groups is 1. The van der Waals surface area contributed by atoms with Crippen LogP contribution in [0.3, 0.4) is 0 Å². The molecule has 2 fully saturated rings. The van der Waals surface area contributed by atoms with Gasteiger partial charge in [0.15, 0.2) is 0 Å². The fraction of sp³-hybridized carbons (Fsp3) is 0.923. The molecule has 2 amide bonds. The van der Waals surface area contributed by atoms with E-state index < -0.39 is 0 Å². The number of carbonyl (C=O) groups is 1. The van der Waals surface area contributed by atoms with Gasteiger partial charge in [0.25, 0.3) is 0 Å². The van der Waals surface area contributed by atoms with E-state index in [1.165, 1.54) is 44.9 Å². The van der Waals surface area contributed by atoms with E-state index in [0.29, 0.717) is 6.04 Å². The average Bonchev–Trinajstić information content (AvgIpc) is 2.67. The monoisotopic (exact) mass is 239 g/mol. The van der Waals surface area contributed by atoms with E-state index in [1.807, 2.05) is 4.90 Å². The quantitative estimate of drug-likeness (QED) is 0.784. The van der Waals surface area contributed by atoms with Crippen molar-refractivity contribution in [3.05, 3.63) is 0 Å². The molecule has 2 aliphatic rings. The Bertz CT molecular complexity index is 237. The summed E-state index contributed by atoms with van der Waals surface area (Å²) in [7, 11) is 0. The molecule has 1 heterocycles. The van der Waals surface area contributed by atoms with Crippen molar-refractivity contribution >= 4 is 6.03 Å². The minimum atomic E-state index is 0.101. The zero-order valence-corrected chi connectivity index (χ0v) is 10.7. The molecule has 0 bridgehead atoms. The Morgan fingerprint density at radius 1 is 1.18 bits per heavy atom. The van der Waals surface area contributed by atoms with Crippen LogP contribution in [0.1, 0.15) is 44.9 Å². The van der Waals surface area contributed by atoms with E-state index in [2.05, 4.69) is 10.6 Å². The van der Waals surface area contributed by atoms with Crippen molar-refractivity contribution in [2.75, 3.05) is 26.2 Å². The molecule has 4 nitrogen and oxygen atoms in total. The van der Waals surface area contributed by atoms with E-state index in [4.69, 9.17) is 0 Å². The third-order valence-corrected chi connectivity index (χ3v) is 3.87. The normalized spacial score (nSPS) is 23.3. The summed E-state index contributed by atoms with van der Waals surface area (Å²) in [4.78, 5) is 13.2. The molecule has 0 aromatic rings. The van der Waals surface area contributed by atoms with E-state index in [1.54, 1.807) is 0 Å². The molecule has 4 heteroatoms. The number of rotatable bonds is 4. The van der Waals surface area contributed by atoms with E-state index in [0.717, 1.165) is 26.2 Å². The Balaban J connectivity index is 1.61. The first kappa shape index (κ1) is 12.7. The Morgan fingerprint density at radius 2 is 1.88 bits per heavy atom. The summed E-state index contributed by atoms with van der Waals surface area (Å²) in [5.41, 5.74) is 0. The van der Waals surface area contributed by atoms with Crippen molar-refractivity contribution in [3.8, 4) is 0 Å². The maximum absolute atomic E-state index is 11.3. The first-order valence-electron chi connectivity index (χ1n) is 7.12. The number of amides is 2. The van der Waals surface area contributed by atoms with Crippen LogP contribution < -0.4 is 10.6 Å². The van der Waals surface area contributed by atoms with Crippen LogP contribution >= 0.6 is 0 Å². The molecule has 0 radical (unpaired) electrons. The highest BCUT2D eigenvalue weighted by atomic mass is 16.2. The summed E-state index contributed by atoms with van der Waals surface area (Å²) in [6, 6.07) is 0.783. The van der Waals surface area contributed by atoms with Gasteiger partial charge in [-0.2, -0.15) is 0 Å². The Labute approximate surface area is 104 Å². The second kappa shape index (κ2) is 6.84. The third-order valence-electron chi connectivity index (χ3n) is 3.87. The van der Waals surface area contributed by atoms with Crippen molar-refractivity contribution in [1.82, 2.24) is 15.5 Å². The van der Waals surface area contributed by atoms with Crippen LogP contribution in [0.4, 0.5) is 4.79 Å². The lowest BCUT2D eigenvalue weighted by atomic mass is 9.97. The molecule has 0 aromatic carbocycles. The second-order valence-electron chi connectivity index (χ2n) is 5.22. The average molecular weight is 239 g/mol. The summed E-state index contributed by atoms with van der Waals surface area (Å²) < 4.78 is 0. The fourth-order valence-electron chi connectivity index (χ4n) is 2.79. The lowest BCUT2D eigenvalue weighted by Crippen LogP contribution is -2.38. The molecule has 2 N–H and O–H groups in total. The van der Waals surface area contributed by atoms with Gasteiger partial charge in [-0.1, -0.05) is 32.1 Å². The molecule has 17 heavy (non-hydrogen) atoms. The van der Waals surface area contributed by atoms with Gasteiger partial charge in [-0.15, -0.1) is 0 Å². The summed E-state index contributed by atoms with van der Waals surface area (Å²) in [6.07, 6.45) is 9.56. The van der Waals surface area contributed by atoms with Crippen LogP contribution in [0.5, 0.6) is 0 Å². The number of nitrogens with zero attached hydrogens (tertiary/aromatic N) is 1. The van der Waals surface area contributed by atoms with Crippen LogP contribution in [-0.2, 0) is 0 Å². The van der Waals surface area contributed by atoms with Gasteiger partial charge in [0.05, 0.1) is 0 Å². The van der Waals surface area contributed by atoms with Crippen LogP contribution in [-0.4, -0.2) is 43.2 Å². The van der Waals surface area contributed by atoms with Gasteiger partial charge in [0.2, 0.25) is 0 Å². The number of hydrogen-bond donors (Lipinski definition) is 2. The molecule has 0 unspecified atom stereocenters. The summed E-state index contributed by atoms with van der Waals surface area (Å²) in [6.45, 7) is 3.47. The predicted octanol–water partition coefficient (Wildman–Crippen LogP) is 1.71. The van der Waals surface area contributed by atoms with Gasteiger partial charge in [-0.05, 0) is 12.8 Å². The van der Waals surface area contributed by atoms with Gasteiger partial charge >= 0.3 is 6.03 Å². The van der Waals surface area contributed by atoms with E-state index in [9.17, 15) is 4.79 Å². The van der Waals surface area contributed by atoms with Crippen molar-refractivity contribution in [1.29, 1.82) is 0 Å². The van der Waals surface area contributed by atoms with E-state index in [-0.39, 0.29) is 6.03 Å². The summed E-state index contributed by atoms with van der Waals surface area (Å²) in [5, 5.41) is 6.45. The largest absolute Gasteiger partial charge is 0.336 e. The fourth-order valence-corrected chi connectivity index (χ4v) is 2.79. The van der Waals surface area contributed by atoms with Crippen LogP contribution in [0.25, 0.3) is 0 Å². The van der Waals surface area contributed by atoms with E-state index >= 15 is 0 Å². The van der Waals surface area contributed by atoms with Crippen molar-refractivity contribution in [2.45, 2.75) is 51.0 Å². The molecule has 1 saturated carbocycles. The maximum Gasteiger partial charge on any atom is 0.317 e. The zero-order valence-electron chi connectivity index (χ0n) is 10.7. The molecule has 2 rings (SSSR count). The maximum atomic E-state index is 11.3. The van der Waals surface area contributed by atoms with Gasteiger partial charge < -0.3 is 15.5 Å². The van der Waals surface area contributed by atoms with Crippen LogP contribution in [0.2, 0.25) is 0 Å². The van der Waals surface area contributed by atoms with Gasteiger partial charge in [0, 0.05) is 32.2 Å². The lowest BCUT2D eigenvalue weighted by Gasteiger charge is -2.22. The predicted molar refractivity (Wildman–Crippen MR) is 69.1 cm³/mol. The van der Waals surface area contributed by atoms with Crippen LogP contribution in [0, 0.1) is 0 Å². The second-order valence-corrected chi connectivity index (χ2v) is 5.22. The van der Waals surface area contributed by atoms with Crippen LogP contribution in [0.15, 0.2) is 0 Å². The molecular weight excluding hydrogens is 214 g/mol. The lowest BCUT2D eigenvalue weighted by molar-refractivity contribution is 0.216. The molecule has 1 saturated heterocycles. The van der Waals surface area contributed by atoms with Crippen molar-refractivity contribution in [2.24, 2.45) is 0 Å². The minimum Gasteiger partial charge on any atom is -0.336 e. The molecule has 0 atom stereocenters. The number of hydrogen-bond acceptors (Lipinski definition) is 2. The molecule has 0 aromatic heterocycles.